The van der Waals surface area contributed by atoms with Gasteiger partial charge in [-0.05, 0) is 83.7 Å². The number of carbonyl (C=O) groups is 2. The maximum atomic E-state index is 12.3. The second-order valence-electron chi connectivity index (χ2n) is 5.90. The fourth-order valence-electron chi connectivity index (χ4n) is 2.36. The summed E-state index contributed by atoms with van der Waals surface area (Å²) in [5.41, 5.74) is 9.45. The van der Waals surface area contributed by atoms with E-state index in [9.17, 15) is 9.59 Å². The predicted octanol–water partition coefficient (Wildman–Crippen LogP) is 2.66. The molecule has 0 atom stereocenters. The number of esters is 1. The Morgan fingerprint density at radius 3 is 2.58 bits per heavy atom. The second-order valence-corrected chi connectivity index (χ2v) is 7.51. The van der Waals surface area contributed by atoms with Gasteiger partial charge in [0.1, 0.15) is 0 Å². The van der Waals surface area contributed by atoms with Crippen LogP contribution in [0, 0.1) is 3.57 Å². The van der Waals surface area contributed by atoms with Crippen molar-refractivity contribution in [2.24, 2.45) is 10.8 Å². The molecule has 0 saturated heterocycles. The number of amides is 1. The van der Waals surface area contributed by atoms with Gasteiger partial charge >= 0.3 is 5.97 Å². The molecule has 0 aliphatic rings. The van der Waals surface area contributed by atoms with E-state index in [1.807, 2.05) is 0 Å². The first-order valence-corrected chi connectivity index (χ1v) is 10.5. The van der Waals surface area contributed by atoms with E-state index in [1.165, 1.54) is 13.3 Å². The Morgan fingerprint density at radius 1 is 1.26 bits per heavy atom. The van der Waals surface area contributed by atoms with Crippen molar-refractivity contribution >= 4 is 63.7 Å². The smallest absolute Gasteiger partial charge is 0.338 e. The molecule has 164 valence electrons. The van der Waals surface area contributed by atoms with Crippen molar-refractivity contribution in [3.63, 3.8) is 0 Å². The molecule has 0 aliphatic carbocycles. The molecule has 0 fully saturated rings. The van der Waals surface area contributed by atoms with Crippen LogP contribution in [0.4, 0.5) is 5.69 Å². The molecule has 1 amide bonds. The average Bonchev–Trinajstić information content (AvgIpc) is 2.73. The fourth-order valence-corrected chi connectivity index (χ4v) is 3.20. The van der Waals surface area contributed by atoms with Crippen molar-refractivity contribution in [2.45, 2.75) is 6.92 Å². The van der Waals surface area contributed by atoms with Crippen LogP contribution in [0.15, 0.2) is 41.5 Å². The molecule has 2 aromatic carbocycles. The van der Waals surface area contributed by atoms with Crippen LogP contribution >= 0.6 is 34.8 Å². The van der Waals surface area contributed by atoms with E-state index in [4.69, 9.17) is 19.9 Å². The van der Waals surface area contributed by atoms with Gasteiger partial charge in [-0.15, -0.1) is 0 Å². The Labute approximate surface area is 198 Å². The molecule has 2 rings (SSSR count). The summed E-state index contributed by atoms with van der Waals surface area (Å²) in [6.45, 7) is 1.80. The number of methoxy groups -OCH3 is 1. The van der Waals surface area contributed by atoms with Gasteiger partial charge in [-0.3, -0.25) is 10.2 Å². The summed E-state index contributed by atoms with van der Waals surface area (Å²) in [5, 5.41) is 6.66. The minimum absolute atomic E-state index is 0.0550. The van der Waals surface area contributed by atoms with E-state index in [1.54, 1.807) is 43.3 Å². The van der Waals surface area contributed by atoms with Crippen LogP contribution in [-0.4, -0.2) is 43.5 Å². The summed E-state index contributed by atoms with van der Waals surface area (Å²) >= 11 is 6.76. The standard InChI is InChI=1S/C20H21IN4O5S/c1-3-29-19(27)13-4-6-14(7-5-13)24-17(26)11-30-18-15(21)8-12(9-16(18)28-2)10-23-25-20(22)31/h4-10H,3,11H2,1-2H3,(H,24,26)(H3,22,25,31)/b23-10+. The van der Waals surface area contributed by atoms with Gasteiger partial charge in [-0.25, -0.2) is 4.79 Å². The number of nitrogens with zero attached hydrogens (tertiary/aromatic N) is 1. The molecular weight excluding hydrogens is 535 g/mol. The SMILES string of the molecule is CCOC(=O)c1ccc(NC(=O)COc2c(I)cc(/C=N/NC(N)=S)cc2OC)cc1. The molecule has 0 aliphatic heterocycles. The fraction of sp³-hybridized carbons (Fsp3) is 0.200. The highest BCUT2D eigenvalue weighted by molar-refractivity contribution is 14.1. The van der Waals surface area contributed by atoms with Crippen LogP contribution < -0.4 is 25.9 Å². The molecular formula is C20H21IN4O5S. The van der Waals surface area contributed by atoms with Crippen molar-refractivity contribution < 1.29 is 23.8 Å². The summed E-state index contributed by atoms with van der Waals surface area (Å²) in [6, 6.07) is 9.89. The average molecular weight is 556 g/mol. The molecule has 4 N–H and O–H groups in total. The van der Waals surface area contributed by atoms with Crippen molar-refractivity contribution in [2.75, 3.05) is 25.6 Å². The van der Waals surface area contributed by atoms with Crippen LogP contribution in [0.3, 0.4) is 0 Å². The van der Waals surface area contributed by atoms with Crippen LogP contribution in [-0.2, 0) is 9.53 Å². The molecule has 0 bridgehead atoms. The Kier molecular flexibility index (Phi) is 9.46. The Bertz CT molecular complexity index is 982. The molecule has 0 unspecified atom stereocenters. The summed E-state index contributed by atoms with van der Waals surface area (Å²) < 4.78 is 16.7. The lowest BCUT2D eigenvalue weighted by atomic mass is 10.2. The number of hydrazone groups is 1. The third-order valence-corrected chi connectivity index (χ3v) is 4.56. The van der Waals surface area contributed by atoms with E-state index >= 15 is 0 Å². The number of nitrogens with two attached hydrogens (primary N) is 1. The molecule has 0 aromatic heterocycles. The topological polar surface area (TPSA) is 124 Å². The molecule has 31 heavy (non-hydrogen) atoms. The zero-order valence-corrected chi connectivity index (χ0v) is 19.8. The van der Waals surface area contributed by atoms with Gasteiger partial charge in [0.2, 0.25) is 0 Å². The Morgan fingerprint density at radius 2 is 1.97 bits per heavy atom. The van der Waals surface area contributed by atoms with Gasteiger partial charge < -0.3 is 25.3 Å². The lowest BCUT2D eigenvalue weighted by Gasteiger charge is -2.13. The van der Waals surface area contributed by atoms with E-state index in [0.717, 1.165) is 9.13 Å². The number of nitrogens with one attached hydrogen (secondary N) is 2. The van der Waals surface area contributed by atoms with Crippen molar-refractivity contribution in [1.82, 2.24) is 5.43 Å². The lowest BCUT2D eigenvalue weighted by molar-refractivity contribution is -0.118. The summed E-state index contributed by atoms with van der Waals surface area (Å²) in [7, 11) is 1.50. The quantitative estimate of drug-likeness (QED) is 0.142. The van der Waals surface area contributed by atoms with Crippen molar-refractivity contribution in [3.05, 3.63) is 51.1 Å². The van der Waals surface area contributed by atoms with Crippen LogP contribution in [0.2, 0.25) is 0 Å². The lowest BCUT2D eigenvalue weighted by Crippen LogP contribution is -2.24. The molecule has 0 radical (unpaired) electrons. The highest BCUT2D eigenvalue weighted by Crippen LogP contribution is 2.33. The first kappa shape index (κ1) is 24.3. The van der Waals surface area contributed by atoms with Gasteiger partial charge in [-0.1, -0.05) is 0 Å². The Balaban J connectivity index is 2.00. The third-order valence-electron chi connectivity index (χ3n) is 3.67. The highest BCUT2D eigenvalue weighted by Gasteiger charge is 2.14. The van der Waals surface area contributed by atoms with Crippen LogP contribution in [0.5, 0.6) is 11.5 Å². The maximum Gasteiger partial charge on any atom is 0.338 e. The van der Waals surface area contributed by atoms with Gasteiger partial charge in [0.05, 0.1) is 29.1 Å². The van der Waals surface area contributed by atoms with Crippen LogP contribution in [0.25, 0.3) is 0 Å². The minimum atomic E-state index is -0.416. The molecule has 11 heteroatoms. The van der Waals surface area contributed by atoms with Gasteiger partial charge in [0.25, 0.3) is 5.91 Å². The van der Waals surface area contributed by atoms with Crippen molar-refractivity contribution in [3.8, 4) is 11.5 Å². The Hall–Kier alpha value is -2.93. The van der Waals surface area contributed by atoms with Gasteiger partial charge in [0, 0.05) is 5.69 Å². The van der Waals surface area contributed by atoms with Gasteiger partial charge in [-0.2, -0.15) is 5.10 Å². The number of halogens is 1. The zero-order chi connectivity index (χ0) is 22.8. The molecule has 0 spiro atoms. The number of rotatable bonds is 9. The zero-order valence-electron chi connectivity index (χ0n) is 16.8. The van der Waals surface area contributed by atoms with Crippen LogP contribution in [0.1, 0.15) is 22.8 Å². The van der Waals surface area contributed by atoms with Gasteiger partial charge in [0.15, 0.2) is 23.2 Å². The molecule has 0 saturated carbocycles. The highest BCUT2D eigenvalue weighted by atomic mass is 127. The maximum absolute atomic E-state index is 12.3. The normalized spacial score (nSPS) is 10.4. The summed E-state index contributed by atoms with van der Waals surface area (Å²) in [4.78, 5) is 23.9. The number of carbonyl (C=O) groups excluding carboxylic acids is 2. The third kappa shape index (κ3) is 7.68. The largest absolute Gasteiger partial charge is 0.493 e. The minimum Gasteiger partial charge on any atom is -0.493 e. The van der Waals surface area contributed by atoms with E-state index < -0.39 is 5.97 Å². The summed E-state index contributed by atoms with van der Waals surface area (Å²) in [6.07, 6.45) is 1.53. The molecule has 0 heterocycles. The first-order valence-electron chi connectivity index (χ1n) is 9.00. The number of anilines is 1. The van der Waals surface area contributed by atoms with E-state index in [-0.39, 0.29) is 17.6 Å². The number of benzene rings is 2. The monoisotopic (exact) mass is 556 g/mol. The molecule has 2 aromatic rings. The van der Waals surface area contributed by atoms with E-state index in [0.29, 0.717) is 29.4 Å². The number of hydrogen-bond donors (Lipinski definition) is 3. The first-order chi connectivity index (χ1) is 14.8. The number of thiocarbonyl (C=S) groups is 1. The summed E-state index contributed by atoms with van der Waals surface area (Å²) in [5.74, 6) is 0.0825. The predicted molar refractivity (Wildman–Crippen MR) is 130 cm³/mol. The number of hydrogen-bond acceptors (Lipinski definition) is 7. The van der Waals surface area contributed by atoms with E-state index in [2.05, 4.69) is 50.7 Å². The van der Waals surface area contributed by atoms with Crippen molar-refractivity contribution in [1.29, 1.82) is 0 Å². The number of ether oxygens (including phenoxy) is 3. The molecule has 9 nitrogen and oxygen atoms in total. The second kappa shape index (κ2) is 12.1.